The Morgan fingerprint density at radius 1 is 0.824 bits per heavy atom. The van der Waals surface area contributed by atoms with E-state index in [4.69, 9.17) is 0 Å². The Labute approximate surface area is 112 Å². The minimum absolute atomic E-state index is 0.343. The number of hydrogen-bond donors (Lipinski definition) is 0. The molecule has 0 spiro atoms. The van der Waals surface area contributed by atoms with E-state index in [9.17, 15) is 0 Å². The molecule has 0 fully saturated rings. The molecule has 0 saturated heterocycles. The molecule has 0 saturated carbocycles. The summed E-state index contributed by atoms with van der Waals surface area (Å²) in [6, 6.07) is 0. The van der Waals surface area contributed by atoms with Crippen molar-refractivity contribution in [3.63, 3.8) is 0 Å². The van der Waals surface area contributed by atoms with Gasteiger partial charge in [0.2, 0.25) is 0 Å². The fourth-order valence-electron chi connectivity index (χ4n) is 3.93. The van der Waals surface area contributed by atoms with E-state index >= 15 is 0 Å². The third-order valence-corrected chi connectivity index (χ3v) is 15.2. The van der Waals surface area contributed by atoms with Crippen LogP contribution in [0, 0.1) is 5.41 Å². The maximum atomic E-state index is 2.46. The van der Waals surface area contributed by atoms with E-state index in [0.29, 0.717) is 5.41 Å². The summed E-state index contributed by atoms with van der Waals surface area (Å²) in [5, 5.41) is 0. The normalized spacial score (nSPS) is 20.5. The monoisotopic (exact) mass is 270 g/mol. The van der Waals surface area contributed by atoms with Crippen LogP contribution in [0.25, 0.3) is 0 Å². The van der Waals surface area contributed by atoms with Crippen LogP contribution in [0.15, 0.2) is 20.6 Å². The van der Waals surface area contributed by atoms with Gasteiger partial charge in [0.25, 0.3) is 0 Å². The quantitative estimate of drug-likeness (QED) is 0.541. The van der Waals surface area contributed by atoms with Gasteiger partial charge in [-0.15, -0.1) is 0 Å². The summed E-state index contributed by atoms with van der Waals surface area (Å²) in [7, 11) is 0. The SMILES string of the molecule is C[CH2][Ti]([CH2]C)([CH2]C)[C]1=C(C)C(C)=C(C)C1(C)C. The third-order valence-electron chi connectivity index (χ3n) is 5.62. The summed E-state index contributed by atoms with van der Waals surface area (Å²) < 4.78 is 6.25. The molecule has 1 aliphatic rings. The molecule has 1 aliphatic carbocycles. The van der Waals surface area contributed by atoms with Gasteiger partial charge in [0, 0.05) is 0 Å². The van der Waals surface area contributed by atoms with Gasteiger partial charge >= 0.3 is 112 Å². The van der Waals surface area contributed by atoms with Crippen molar-refractivity contribution in [3.8, 4) is 0 Å². The average Bonchev–Trinajstić information content (AvgIpc) is 2.46. The van der Waals surface area contributed by atoms with Crippen molar-refractivity contribution in [2.75, 3.05) is 0 Å². The van der Waals surface area contributed by atoms with Crippen LogP contribution in [0.2, 0.25) is 14.2 Å². The van der Waals surface area contributed by atoms with Gasteiger partial charge in [-0.25, -0.2) is 0 Å². The number of allylic oxidation sites excluding steroid dienone is 4. The molecule has 0 aliphatic heterocycles. The third kappa shape index (κ3) is 2.12. The zero-order chi connectivity index (χ0) is 13.4. The minimum atomic E-state index is -1.80. The summed E-state index contributed by atoms with van der Waals surface area (Å²) in [6.45, 7) is 19.3. The van der Waals surface area contributed by atoms with Crippen molar-refractivity contribution < 1.29 is 16.6 Å². The molecule has 0 heterocycles. The van der Waals surface area contributed by atoms with Crippen molar-refractivity contribution in [3.05, 3.63) is 20.6 Å². The van der Waals surface area contributed by atoms with Gasteiger partial charge in [0.05, 0.1) is 0 Å². The second kappa shape index (κ2) is 5.06. The molecule has 0 aromatic rings. The van der Waals surface area contributed by atoms with E-state index < -0.39 is 16.6 Å². The Kier molecular flexibility index (Phi) is 4.54. The summed E-state index contributed by atoms with van der Waals surface area (Å²) in [5.74, 6) is 0. The first-order valence-corrected chi connectivity index (χ1v) is 11.3. The Hall–Kier alpha value is 0.194. The van der Waals surface area contributed by atoms with Gasteiger partial charge < -0.3 is 0 Å². The molecule has 0 aromatic carbocycles. The van der Waals surface area contributed by atoms with E-state index in [1.807, 2.05) is 3.88 Å². The van der Waals surface area contributed by atoms with Gasteiger partial charge in [-0.3, -0.25) is 0 Å². The molecule has 0 atom stereocenters. The molecular weight excluding hydrogens is 240 g/mol. The molecule has 0 radical (unpaired) electrons. The van der Waals surface area contributed by atoms with Crippen LogP contribution in [0.5, 0.6) is 0 Å². The zero-order valence-corrected chi connectivity index (χ0v) is 14.7. The van der Waals surface area contributed by atoms with Gasteiger partial charge in [-0.2, -0.15) is 0 Å². The predicted octanol–water partition coefficient (Wildman–Crippen LogP) is 6.11. The summed E-state index contributed by atoms with van der Waals surface area (Å²) in [6.07, 6.45) is 0. The van der Waals surface area contributed by atoms with E-state index in [1.165, 1.54) is 14.2 Å². The standard InChI is InChI=1S/C10H15.3C2H5.Ti/c1-7-6-10(4,5)9(3)8(7)2;3*1-2;/h1-5H3;3*1H2,2H3;. The molecule has 17 heavy (non-hydrogen) atoms. The van der Waals surface area contributed by atoms with Crippen molar-refractivity contribution >= 4 is 0 Å². The molecule has 0 aromatic heterocycles. The van der Waals surface area contributed by atoms with E-state index in [0.717, 1.165) is 0 Å². The second-order valence-electron chi connectivity index (χ2n) is 6.22. The van der Waals surface area contributed by atoms with E-state index in [1.54, 1.807) is 16.7 Å². The van der Waals surface area contributed by atoms with Crippen LogP contribution in [-0.4, -0.2) is 0 Å². The predicted molar refractivity (Wildman–Crippen MR) is 76.3 cm³/mol. The molecule has 0 bridgehead atoms. The molecule has 0 nitrogen and oxygen atoms in total. The number of hydrogen-bond acceptors (Lipinski definition) is 0. The summed E-state index contributed by atoms with van der Waals surface area (Å²) in [4.78, 5) is 0. The van der Waals surface area contributed by atoms with Crippen molar-refractivity contribution in [2.24, 2.45) is 5.41 Å². The van der Waals surface area contributed by atoms with Gasteiger partial charge in [-0.1, -0.05) is 0 Å². The number of rotatable bonds is 4. The van der Waals surface area contributed by atoms with E-state index in [2.05, 4.69) is 55.4 Å². The first kappa shape index (κ1) is 15.3. The Bertz CT molecular complexity index is 357. The fourth-order valence-corrected chi connectivity index (χ4v) is 11.8. The summed E-state index contributed by atoms with van der Waals surface area (Å²) >= 11 is -1.80. The van der Waals surface area contributed by atoms with Gasteiger partial charge in [-0.05, 0) is 0 Å². The zero-order valence-electron chi connectivity index (χ0n) is 13.1. The van der Waals surface area contributed by atoms with E-state index in [-0.39, 0.29) is 0 Å². The Morgan fingerprint density at radius 3 is 1.47 bits per heavy atom. The van der Waals surface area contributed by atoms with Crippen LogP contribution < -0.4 is 0 Å². The van der Waals surface area contributed by atoms with Crippen LogP contribution in [0.3, 0.4) is 0 Å². The Balaban J connectivity index is 3.42. The van der Waals surface area contributed by atoms with Gasteiger partial charge in [0.1, 0.15) is 0 Å². The van der Waals surface area contributed by atoms with Crippen molar-refractivity contribution in [2.45, 2.75) is 69.6 Å². The molecule has 0 unspecified atom stereocenters. The molecule has 1 rings (SSSR count). The maximum absolute atomic E-state index is 2.46. The molecule has 98 valence electrons. The second-order valence-corrected chi connectivity index (χ2v) is 14.3. The van der Waals surface area contributed by atoms with Crippen molar-refractivity contribution in [1.29, 1.82) is 0 Å². The first-order chi connectivity index (χ1) is 7.78. The Morgan fingerprint density at radius 2 is 1.24 bits per heavy atom. The molecule has 1 heteroatoms. The molecule has 0 amide bonds. The van der Waals surface area contributed by atoms with Crippen LogP contribution in [-0.2, 0) is 16.6 Å². The molecule has 0 N–H and O–H groups in total. The first-order valence-electron chi connectivity index (χ1n) is 7.18. The van der Waals surface area contributed by atoms with Crippen LogP contribution in [0.1, 0.15) is 55.4 Å². The fraction of sp³-hybridized carbons (Fsp3) is 0.750. The van der Waals surface area contributed by atoms with Crippen LogP contribution in [0.4, 0.5) is 0 Å². The molecular formula is C16H30Ti. The average molecular weight is 270 g/mol. The van der Waals surface area contributed by atoms with Crippen LogP contribution >= 0.6 is 0 Å². The van der Waals surface area contributed by atoms with Gasteiger partial charge in [0.15, 0.2) is 0 Å². The topological polar surface area (TPSA) is 0 Å². The summed E-state index contributed by atoms with van der Waals surface area (Å²) in [5.41, 5.74) is 5.19. The van der Waals surface area contributed by atoms with Crippen molar-refractivity contribution in [1.82, 2.24) is 0 Å².